The molecule has 0 unspecified atom stereocenters. The lowest BCUT2D eigenvalue weighted by atomic mass is 10.1. The van der Waals surface area contributed by atoms with Gasteiger partial charge in [-0.3, -0.25) is 0 Å². The lowest BCUT2D eigenvalue weighted by Crippen LogP contribution is -2.13. The van der Waals surface area contributed by atoms with Crippen LogP contribution in [0.4, 0.5) is 34.1 Å². The van der Waals surface area contributed by atoms with Crippen LogP contribution < -0.4 is 19.3 Å². The van der Waals surface area contributed by atoms with Crippen LogP contribution in [-0.4, -0.2) is 14.2 Å². The first-order chi connectivity index (χ1) is 18.2. The molecule has 0 atom stereocenters. The van der Waals surface area contributed by atoms with Crippen LogP contribution >= 0.6 is 0 Å². The second kappa shape index (κ2) is 10.9. The third-order valence-electron chi connectivity index (χ3n) is 6.25. The smallest absolute Gasteiger partial charge is 0.119 e. The highest BCUT2D eigenvalue weighted by atomic mass is 16.5. The standard InChI is InChI=1S/C33H30N2O2/c1-25-22-30(34(26-10-6-4-7-11-26)28-14-18-32(36-2)19-15-28)24-31(23-25)35(27-12-8-5-9-13-27)29-16-20-33(37-3)21-17-29/h4-24H,1-3H3. The van der Waals surface area contributed by atoms with Gasteiger partial charge in [0.15, 0.2) is 0 Å². The Morgan fingerprint density at radius 1 is 0.405 bits per heavy atom. The Morgan fingerprint density at radius 2 is 0.757 bits per heavy atom. The molecular weight excluding hydrogens is 456 g/mol. The fourth-order valence-corrected chi connectivity index (χ4v) is 4.51. The monoisotopic (exact) mass is 486 g/mol. The lowest BCUT2D eigenvalue weighted by molar-refractivity contribution is 0.414. The van der Waals surface area contributed by atoms with E-state index < -0.39 is 0 Å². The van der Waals surface area contributed by atoms with Crippen LogP contribution in [0.15, 0.2) is 127 Å². The van der Waals surface area contributed by atoms with Crippen molar-refractivity contribution in [1.82, 2.24) is 0 Å². The van der Waals surface area contributed by atoms with Crippen LogP contribution in [0.25, 0.3) is 0 Å². The van der Waals surface area contributed by atoms with Gasteiger partial charge in [0.25, 0.3) is 0 Å². The topological polar surface area (TPSA) is 24.9 Å². The van der Waals surface area contributed by atoms with Crippen molar-refractivity contribution >= 4 is 34.1 Å². The number of rotatable bonds is 8. The molecule has 0 heterocycles. The Morgan fingerprint density at radius 3 is 1.11 bits per heavy atom. The summed E-state index contributed by atoms with van der Waals surface area (Å²) in [6.07, 6.45) is 0. The SMILES string of the molecule is COc1ccc(N(c2ccccc2)c2cc(C)cc(N(c3ccccc3)c3ccc(OC)cc3)c2)cc1. The van der Waals surface area contributed by atoms with Crippen LogP contribution in [0.1, 0.15) is 5.56 Å². The summed E-state index contributed by atoms with van der Waals surface area (Å²) in [5.41, 5.74) is 7.58. The molecule has 4 heteroatoms. The fourth-order valence-electron chi connectivity index (χ4n) is 4.51. The molecule has 0 saturated heterocycles. The highest BCUT2D eigenvalue weighted by Crippen LogP contribution is 2.41. The molecule has 0 amide bonds. The van der Waals surface area contributed by atoms with E-state index in [-0.39, 0.29) is 0 Å². The first-order valence-corrected chi connectivity index (χ1v) is 12.3. The third kappa shape index (κ3) is 5.29. The van der Waals surface area contributed by atoms with Crippen molar-refractivity contribution in [3.05, 3.63) is 133 Å². The van der Waals surface area contributed by atoms with E-state index in [1.54, 1.807) is 14.2 Å². The second-order valence-electron chi connectivity index (χ2n) is 8.76. The minimum Gasteiger partial charge on any atom is -0.497 e. The number of aryl methyl sites for hydroxylation is 1. The van der Waals surface area contributed by atoms with Gasteiger partial charge in [0, 0.05) is 34.1 Å². The van der Waals surface area contributed by atoms with E-state index in [1.165, 1.54) is 0 Å². The van der Waals surface area contributed by atoms with Crippen molar-refractivity contribution in [3.63, 3.8) is 0 Å². The molecule has 0 bridgehead atoms. The van der Waals surface area contributed by atoms with Crippen molar-refractivity contribution < 1.29 is 9.47 Å². The predicted molar refractivity (Wildman–Crippen MR) is 154 cm³/mol. The first-order valence-electron chi connectivity index (χ1n) is 12.3. The van der Waals surface area contributed by atoms with E-state index in [2.05, 4.69) is 108 Å². The molecule has 5 rings (SSSR count). The van der Waals surface area contributed by atoms with E-state index in [0.717, 1.165) is 51.2 Å². The van der Waals surface area contributed by atoms with Crippen molar-refractivity contribution in [2.75, 3.05) is 24.0 Å². The highest BCUT2D eigenvalue weighted by Gasteiger charge is 2.18. The molecule has 0 aliphatic rings. The Labute approximate surface area is 219 Å². The zero-order chi connectivity index (χ0) is 25.6. The minimum absolute atomic E-state index is 0.830. The summed E-state index contributed by atoms with van der Waals surface area (Å²) < 4.78 is 10.8. The first kappa shape index (κ1) is 24.0. The number of ether oxygens (including phenoxy) is 2. The van der Waals surface area contributed by atoms with E-state index in [1.807, 2.05) is 36.4 Å². The molecule has 0 saturated carbocycles. The molecule has 37 heavy (non-hydrogen) atoms. The number of benzene rings is 5. The van der Waals surface area contributed by atoms with Gasteiger partial charge in [-0.15, -0.1) is 0 Å². The van der Waals surface area contributed by atoms with Crippen LogP contribution in [0.2, 0.25) is 0 Å². The van der Waals surface area contributed by atoms with Gasteiger partial charge in [-0.05, 0) is 103 Å². The summed E-state index contributed by atoms with van der Waals surface area (Å²) in [6, 6.07) is 43.9. The summed E-state index contributed by atoms with van der Waals surface area (Å²) in [6.45, 7) is 2.14. The summed E-state index contributed by atoms with van der Waals surface area (Å²) in [5.74, 6) is 1.66. The lowest BCUT2D eigenvalue weighted by Gasteiger charge is -2.30. The summed E-state index contributed by atoms with van der Waals surface area (Å²) in [7, 11) is 3.38. The average Bonchev–Trinajstić information content (AvgIpc) is 2.95. The van der Waals surface area contributed by atoms with Gasteiger partial charge < -0.3 is 19.3 Å². The van der Waals surface area contributed by atoms with Crippen LogP contribution in [0.5, 0.6) is 11.5 Å². The molecule has 5 aromatic rings. The van der Waals surface area contributed by atoms with Crippen molar-refractivity contribution in [2.24, 2.45) is 0 Å². The number of hydrogen-bond acceptors (Lipinski definition) is 4. The van der Waals surface area contributed by atoms with E-state index in [9.17, 15) is 0 Å². The molecule has 5 aromatic carbocycles. The van der Waals surface area contributed by atoms with Crippen molar-refractivity contribution in [2.45, 2.75) is 6.92 Å². The van der Waals surface area contributed by atoms with Gasteiger partial charge in [0.05, 0.1) is 14.2 Å². The summed E-state index contributed by atoms with van der Waals surface area (Å²) in [4.78, 5) is 4.54. The van der Waals surface area contributed by atoms with Crippen molar-refractivity contribution in [1.29, 1.82) is 0 Å². The van der Waals surface area contributed by atoms with Gasteiger partial charge in [-0.1, -0.05) is 36.4 Å². The van der Waals surface area contributed by atoms with Crippen LogP contribution in [-0.2, 0) is 0 Å². The molecule has 4 nitrogen and oxygen atoms in total. The third-order valence-corrected chi connectivity index (χ3v) is 6.25. The van der Waals surface area contributed by atoms with E-state index in [4.69, 9.17) is 9.47 Å². The van der Waals surface area contributed by atoms with Gasteiger partial charge in [0.1, 0.15) is 11.5 Å². The number of hydrogen-bond donors (Lipinski definition) is 0. The molecular formula is C33H30N2O2. The number of para-hydroxylation sites is 2. The van der Waals surface area contributed by atoms with Gasteiger partial charge in [-0.2, -0.15) is 0 Å². The molecule has 0 N–H and O–H groups in total. The molecule has 184 valence electrons. The Bertz CT molecular complexity index is 1320. The minimum atomic E-state index is 0.830. The molecule has 0 aliphatic heterocycles. The molecule has 0 spiro atoms. The molecule has 0 aliphatic carbocycles. The van der Waals surface area contributed by atoms with Crippen molar-refractivity contribution in [3.8, 4) is 11.5 Å². The van der Waals surface area contributed by atoms with Crippen LogP contribution in [0, 0.1) is 6.92 Å². The number of nitrogens with zero attached hydrogens (tertiary/aromatic N) is 2. The second-order valence-corrected chi connectivity index (χ2v) is 8.76. The average molecular weight is 487 g/mol. The predicted octanol–water partition coefficient (Wildman–Crippen LogP) is 8.95. The van der Waals surface area contributed by atoms with Gasteiger partial charge in [0.2, 0.25) is 0 Å². The number of anilines is 6. The van der Waals surface area contributed by atoms with Gasteiger partial charge >= 0.3 is 0 Å². The highest BCUT2D eigenvalue weighted by molar-refractivity contribution is 5.83. The molecule has 0 aromatic heterocycles. The summed E-state index contributed by atoms with van der Waals surface area (Å²) >= 11 is 0. The van der Waals surface area contributed by atoms with E-state index in [0.29, 0.717) is 0 Å². The normalized spacial score (nSPS) is 10.6. The fraction of sp³-hybridized carbons (Fsp3) is 0.0909. The zero-order valence-electron chi connectivity index (χ0n) is 21.3. The number of methoxy groups -OCH3 is 2. The Hall–Kier alpha value is -4.70. The molecule has 0 radical (unpaired) electrons. The molecule has 0 fully saturated rings. The maximum Gasteiger partial charge on any atom is 0.119 e. The summed E-state index contributed by atoms with van der Waals surface area (Å²) in [5, 5.41) is 0. The maximum absolute atomic E-state index is 5.41. The van der Waals surface area contributed by atoms with E-state index >= 15 is 0 Å². The van der Waals surface area contributed by atoms with Gasteiger partial charge in [-0.25, -0.2) is 0 Å². The van der Waals surface area contributed by atoms with Crippen LogP contribution in [0.3, 0.4) is 0 Å². The largest absolute Gasteiger partial charge is 0.497 e. The Kier molecular flexibility index (Phi) is 7.09. The zero-order valence-corrected chi connectivity index (χ0v) is 21.3. The maximum atomic E-state index is 5.41. The quantitative estimate of drug-likeness (QED) is 0.218. The Balaban J connectivity index is 1.67.